The van der Waals surface area contributed by atoms with Crippen molar-refractivity contribution in [1.29, 1.82) is 0 Å². The molecule has 1 amide bonds. The van der Waals surface area contributed by atoms with Gasteiger partial charge in [0.15, 0.2) is 0 Å². The summed E-state index contributed by atoms with van der Waals surface area (Å²) in [4.78, 5) is 21.7. The molecular weight excluding hydrogens is 297 g/mol. The summed E-state index contributed by atoms with van der Waals surface area (Å²) in [7, 11) is 0. The Bertz CT molecular complexity index is 749. The number of amides is 1. The van der Waals surface area contributed by atoms with Crippen molar-refractivity contribution in [3.63, 3.8) is 0 Å². The van der Waals surface area contributed by atoms with Crippen molar-refractivity contribution in [1.82, 2.24) is 10.3 Å². The van der Waals surface area contributed by atoms with Gasteiger partial charge in [0.2, 0.25) is 5.60 Å². The first kappa shape index (κ1) is 15.1. The molecule has 0 saturated carbocycles. The van der Waals surface area contributed by atoms with E-state index in [-0.39, 0.29) is 18.1 Å². The summed E-state index contributed by atoms with van der Waals surface area (Å²) in [6.07, 6.45) is 3.56. The van der Waals surface area contributed by atoms with E-state index < -0.39 is 5.60 Å². The monoisotopic (exact) mass is 313 g/mol. The Labute approximate surface area is 133 Å². The molecule has 0 aliphatic carbocycles. The molecule has 0 saturated heterocycles. The minimum atomic E-state index is -1.14. The summed E-state index contributed by atoms with van der Waals surface area (Å²) in [6.45, 7) is 1.99. The number of nitrogens with one attached hydrogen (secondary N) is 1. The van der Waals surface area contributed by atoms with E-state index in [0.717, 1.165) is 5.56 Å². The van der Waals surface area contributed by atoms with E-state index in [2.05, 4.69) is 15.5 Å². The summed E-state index contributed by atoms with van der Waals surface area (Å²) < 4.78 is 13.8. The first-order valence-electron chi connectivity index (χ1n) is 7.26. The molecule has 0 spiro atoms. The first-order valence-corrected chi connectivity index (χ1v) is 7.26. The van der Waals surface area contributed by atoms with Crippen LogP contribution in [0.15, 0.2) is 53.9 Å². The van der Waals surface area contributed by atoms with Crippen LogP contribution in [0.4, 0.5) is 4.39 Å². The molecule has 1 N–H and O–H groups in total. The zero-order valence-electron chi connectivity index (χ0n) is 12.6. The Morgan fingerprint density at radius 3 is 2.91 bits per heavy atom. The minimum absolute atomic E-state index is 0.215. The molecule has 1 aromatic carbocycles. The van der Waals surface area contributed by atoms with Crippen LogP contribution in [-0.4, -0.2) is 22.2 Å². The molecular formula is C17H16FN3O2. The van der Waals surface area contributed by atoms with Gasteiger partial charge in [-0.15, -0.1) is 0 Å². The van der Waals surface area contributed by atoms with E-state index in [0.29, 0.717) is 17.8 Å². The Balaban J connectivity index is 1.65. The van der Waals surface area contributed by atoms with Gasteiger partial charge in [-0.2, -0.15) is 0 Å². The Morgan fingerprint density at radius 2 is 2.17 bits per heavy atom. The third kappa shape index (κ3) is 3.21. The van der Waals surface area contributed by atoms with Crippen LogP contribution in [0, 0.1) is 5.82 Å². The molecule has 23 heavy (non-hydrogen) atoms. The van der Waals surface area contributed by atoms with Gasteiger partial charge in [0.05, 0.1) is 5.71 Å². The molecule has 118 valence electrons. The molecule has 1 atom stereocenters. The molecule has 1 aliphatic heterocycles. The van der Waals surface area contributed by atoms with Crippen molar-refractivity contribution in [3.05, 3.63) is 65.7 Å². The lowest BCUT2D eigenvalue weighted by atomic mass is 9.95. The molecule has 0 radical (unpaired) electrons. The molecule has 0 unspecified atom stereocenters. The second-order valence-electron chi connectivity index (χ2n) is 5.56. The molecule has 1 aromatic heterocycles. The van der Waals surface area contributed by atoms with E-state index >= 15 is 0 Å². The van der Waals surface area contributed by atoms with Gasteiger partial charge >= 0.3 is 0 Å². The second-order valence-corrected chi connectivity index (χ2v) is 5.56. The fourth-order valence-corrected chi connectivity index (χ4v) is 2.37. The number of rotatable bonds is 4. The molecule has 2 heterocycles. The van der Waals surface area contributed by atoms with E-state index in [1.165, 1.54) is 6.07 Å². The average molecular weight is 313 g/mol. The van der Waals surface area contributed by atoms with Crippen LogP contribution in [0.2, 0.25) is 0 Å². The van der Waals surface area contributed by atoms with Crippen LogP contribution >= 0.6 is 0 Å². The fourth-order valence-electron chi connectivity index (χ4n) is 2.37. The number of hydrogen-bond acceptors (Lipinski definition) is 4. The van der Waals surface area contributed by atoms with Gasteiger partial charge in [-0.25, -0.2) is 4.39 Å². The Morgan fingerprint density at radius 1 is 1.35 bits per heavy atom. The predicted molar refractivity (Wildman–Crippen MR) is 83.1 cm³/mol. The number of pyridine rings is 1. The molecule has 2 aromatic rings. The molecule has 0 fully saturated rings. The number of benzene rings is 1. The number of carbonyl (C=O) groups excluding carboxylic acids is 1. The molecule has 6 heteroatoms. The largest absolute Gasteiger partial charge is 0.379 e. The van der Waals surface area contributed by atoms with E-state index in [1.807, 2.05) is 6.07 Å². The van der Waals surface area contributed by atoms with Gasteiger partial charge in [0.25, 0.3) is 5.91 Å². The van der Waals surface area contributed by atoms with Gasteiger partial charge < -0.3 is 10.2 Å². The SMILES string of the molecule is C[C@]1(C(=O)NCc2cccnc2)CC(c2ccccc2F)=NO1. The Kier molecular flexibility index (Phi) is 4.06. The lowest BCUT2D eigenvalue weighted by Gasteiger charge is -2.20. The highest BCUT2D eigenvalue weighted by Crippen LogP contribution is 2.27. The quantitative estimate of drug-likeness (QED) is 0.943. The van der Waals surface area contributed by atoms with Crippen molar-refractivity contribution >= 4 is 11.6 Å². The highest BCUT2D eigenvalue weighted by atomic mass is 19.1. The van der Waals surface area contributed by atoms with Crippen molar-refractivity contribution in [3.8, 4) is 0 Å². The molecule has 0 bridgehead atoms. The van der Waals surface area contributed by atoms with Gasteiger partial charge in [-0.05, 0) is 24.6 Å². The maximum Gasteiger partial charge on any atom is 0.267 e. The van der Waals surface area contributed by atoms with E-state index in [4.69, 9.17) is 4.84 Å². The van der Waals surface area contributed by atoms with Crippen LogP contribution in [0.25, 0.3) is 0 Å². The lowest BCUT2D eigenvalue weighted by Crippen LogP contribution is -2.44. The zero-order chi connectivity index (χ0) is 16.3. The van der Waals surface area contributed by atoms with Crippen molar-refractivity contribution in [2.45, 2.75) is 25.5 Å². The number of nitrogens with zero attached hydrogens (tertiary/aromatic N) is 2. The predicted octanol–water partition coefficient (Wildman–Crippen LogP) is 2.42. The highest BCUT2D eigenvalue weighted by Gasteiger charge is 2.42. The average Bonchev–Trinajstić information content (AvgIpc) is 2.97. The van der Waals surface area contributed by atoms with Crippen molar-refractivity contribution in [2.75, 3.05) is 0 Å². The maximum atomic E-state index is 13.8. The van der Waals surface area contributed by atoms with Gasteiger partial charge in [-0.1, -0.05) is 29.4 Å². The summed E-state index contributed by atoms with van der Waals surface area (Å²) in [5.74, 6) is -0.675. The standard InChI is InChI=1S/C17H16FN3O2/c1-17(16(22)20-11-12-5-4-8-19-10-12)9-15(21-23-17)13-6-2-3-7-14(13)18/h2-8,10H,9,11H2,1H3,(H,20,22)/t17-/m1/s1. The number of hydrogen-bond donors (Lipinski definition) is 1. The molecule has 5 nitrogen and oxygen atoms in total. The van der Waals surface area contributed by atoms with Gasteiger partial charge in [-0.3, -0.25) is 9.78 Å². The van der Waals surface area contributed by atoms with Crippen LogP contribution < -0.4 is 5.32 Å². The Hall–Kier alpha value is -2.76. The van der Waals surface area contributed by atoms with Crippen LogP contribution in [-0.2, 0) is 16.2 Å². The summed E-state index contributed by atoms with van der Waals surface area (Å²) in [5.41, 5.74) is 0.538. The third-order valence-corrected chi connectivity index (χ3v) is 3.70. The minimum Gasteiger partial charge on any atom is -0.379 e. The third-order valence-electron chi connectivity index (χ3n) is 3.70. The highest BCUT2D eigenvalue weighted by molar-refractivity contribution is 6.05. The smallest absolute Gasteiger partial charge is 0.267 e. The van der Waals surface area contributed by atoms with Crippen molar-refractivity contribution < 1.29 is 14.0 Å². The summed E-state index contributed by atoms with van der Waals surface area (Å²) in [6, 6.07) is 9.97. The molecule has 1 aliphatic rings. The topological polar surface area (TPSA) is 63.6 Å². The number of halogens is 1. The zero-order valence-corrected chi connectivity index (χ0v) is 12.6. The van der Waals surface area contributed by atoms with Crippen LogP contribution in [0.3, 0.4) is 0 Å². The van der Waals surface area contributed by atoms with Crippen LogP contribution in [0.5, 0.6) is 0 Å². The molecule has 3 rings (SSSR count). The van der Waals surface area contributed by atoms with E-state index in [9.17, 15) is 9.18 Å². The van der Waals surface area contributed by atoms with Gasteiger partial charge in [0, 0.05) is 30.9 Å². The second kappa shape index (κ2) is 6.16. The number of carbonyl (C=O) groups is 1. The number of aromatic nitrogens is 1. The first-order chi connectivity index (χ1) is 11.1. The fraction of sp³-hybridized carbons (Fsp3) is 0.235. The van der Waals surface area contributed by atoms with Crippen molar-refractivity contribution in [2.24, 2.45) is 5.16 Å². The number of oxime groups is 1. The summed E-state index contributed by atoms with van der Waals surface area (Å²) >= 11 is 0. The normalized spacial score (nSPS) is 19.8. The lowest BCUT2D eigenvalue weighted by molar-refractivity contribution is -0.141. The van der Waals surface area contributed by atoms with E-state index in [1.54, 1.807) is 43.6 Å². The van der Waals surface area contributed by atoms with Gasteiger partial charge in [0.1, 0.15) is 5.82 Å². The summed E-state index contributed by atoms with van der Waals surface area (Å²) in [5, 5.41) is 6.70. The maximum absolute atomic E-state index is 13.8. The van der Waals surface area contributed by atoms with Crippen LogP contribution in [0.1, 0.15) is 24.5 Å².